The average molecular weight is 349 g/mol. The van der Waals surface area contributed by atoms with Crippen LogP contribution < -0.4 is 0 Å². The summed E-state index contributed by atoms with van der Waals surface area (Å²) >= 11 is 10.2. The van der Waals surface area contributed by atoms with Crippen molar-refractivity contribution in [2.45, 2.75) is 21.8 Å². The molecular weight excluding hydrogens is 341 g/mol. The van der Waals surface area contributed by atoms with E-state index in [1.54, 1.807) is 25.3 Å². The van der Waals surface area contributed by atoms with E-state index in [-0.39, 0.29) is 20.8 Å². The molecule has 0 saturated carbocycles. The first kappa shape index (κ1) is 13.7. The van der Waals surface area contributed by atoms with Crippen molar-refractivity contribution in [2.24, 2.45) is 0 Å². The van der Waals surface area contributed by atoms with E-state index in [9.17, 15) is 4.39 Å². The quantitative estimate of drug-likeness (QED) is 0.472. The Labute approximate surface area is 121 Å². The molecule has 3 nitrogen and oxygen atoms in total. The van der Waals surface area contributed by atoms with Gasteiger partial charge in [0.2, 0.25) is 5.28 Å². The number of rotatable bonds is 3. The minimum atomic E-state index is -0.473. The third kappa shape index (κ3) is 3.18. The van der Waals surface area contributed by atoms with Crippen LogP contribution in [0.3, 0.4) is 0 Å². The van der Waals surface area contributed by atoms with Crippen LogP contribution in [0.1, 0.15) is 17.4 Å². The fraction of sp³-hybridized carbons (Fsp3) is 0.182. The van der Waals surface area contributed by atoms with Crippen molar-refractivity contribution >= 4 is 39.3 Å². The number of hydrogen-bond acceptors (Lipinski definition) is 4. The first-order chi connectivity index (χ1) is 8.58. The third-order valence-corrected chi connectivity index (χ3v) is 3.55. The van der Waals surface area contributed by atoms with Gasteiger partial charge in [0.25, 0.3) is 0 Å². The maximum absolute atomic E-state index is 14.1. The highest BCUT2D eigenvalue weighted by atomic mass is 79.9. The summed E-state index contributed by atoms with van der Waals surface area (Å²) in [6.45, 7) is 1.77. The standard InChI is InChI=1S/C11H8BrClFN3S/c1-6(12)9-8(14)10(17-11(13)16-9)18-7-4-2-3-5-15-7/h2-6H,1H3. The van der Waals surface area contributed by atoms with Crippen molar-refractivity contribution in [1.82, 2.24) is 15.0 Å². The Morgan fingerprint density at radius 2 is 2.17 bits per heavy atom. The first-order valence-corrected chi connectivity index (χ1v) is 7.15. The molecule has 0 radical (unpaired) electrons. The van der Waals surface area contributed by atoms with Gasteiger partial charge in [-0.05, 0) is 42.4 Å². The van der Waals surface area contributed by atoms with E-state index in [0.29, 0.717) is 5.03 Å². The Morgan fingerprint density at radius 1 is 1.39 bits per heavy atom. The molecule has 2 aromatic heterocycles. The van der Waals surface area contributed by atoms with E-state index in [1.807, 2.05) is 6.07 Å². The van der Waals surface area contributed by atoms with Gasteiger partial charge >= 0.3 is 0 Å². The molecule has 0 aliphatic rings. The maximum atomic E-state index is 14.1. The van der Waals surface area contributed by atoms with Crippen LogP contribution in [0.5, 0.6) is 0 Å². The molecule has 2 aromatic rings. The highest BCUT2D eigenvalue weighted by Gasteiger charge is 2.18. The Kier molecular flexibility index (Phi) is 4.53. The highest BCUT2D eigenvalue weighted by Crippen LogP contribution is 2.32. The van der Waals surface area contributed by atoms with Gasteiger partial charge in [0.15, 0.2) is 5.82 Å². The molecule has 0 amide bonds. The van der Waals surface area contributed by atoms with Gasteiger partial charge in [-0.3, -0.25) is 0 Å². The molecule has 0 aromatic carbocycles. The minimum Gasteiger partial charge on any atom is -0.250 e. The number of aromatic nitrogens is 3. The Morgan fingerprint density at radius 3 is 2.78 bits per heavy atom. The third-order valence-electron chi connectivity index (χ3n) is 2.03. The summed E-state index contributed by atoms with van der Waals surface area (Å²) in [6.07, 6.45) is 1.64. The molecule has 1 unspecified atom stereocenters. The van der Waals surface area contributed by atoms with Crippen LogP contribution in [0.4, 0.5) is 4.39 Å². The fourth-order valence-electron chi connectivity index (χ4n) is 1.25. The van der Waals surface area contributed by atoms with Crippen molar-refractivity contribution < 1.29 is 4.39 Å². The summed E-state index contributed by atoms with van der Waals surface area (Å²) in [5, 5.41) is 0.852. The lowest BCUT2D eigenvalue weighted by atomic mass is 10.3. The zero-order valence-electron chi connectivity index (χ0n) is 9.27. The van der Waals surface area contributed by atoms with E-state index in [1.165, 1.54) is 0 Å². The second-order valence-electron chi connectivity index (χ2n) is 3.38. The highest BCUT2D eigenvalue weighted by molar-refractivity contribution is 9.09. The average Bonchev–Trinajstić information content (AvgIpc) is 2.34. The van der Waals surface area contributed by atoms with Gasteiger partial charge < -0.3 is 0 Å². The van der Waals surface area contributed by atoms with E-state index >= 15 is 0 Å². The van der Waals surface area contributed by atoms with Crippen LogP contribution in [0, 0.1) is 5.82 Å². The van der Waals surface area contributed by atoms with E-state index < -0.39 is 5.82 Å². The predicted molar refractivity (Wildman–Crippen MR) is 72.7 cm³/mol. The molecule has 0 saturated heterocycles. The van der Waals surface area contributed by atoms with Crippen LogP contribution in [0.25, 0.3) is 0 Å². The van der Waals surface area contributed by atoms with E-state index in [2.05, 4.69) is 30.9 Å². The topological polar surface area (TPSA) is 38.7 Å². The lowest BCUT2D eigenvalue weighted by Crippen LogP contribution is -2.01. The van der Waals surface area contributed by atoms with Gasteiger partial charge in [0.05, 0.1) is 10.5 Å². The second kappa shape index (κ2) is 5.95. The van der Waals surface area contributed by atoms with Crippen LogP contribution in [0.15, 0.2) is 34.4 Å². The summed E-state index contributed by atoms with van der Waals surface area (Å²) in [4.78, 5) is 11.6. The predicted octanol–water partition coefficient (Wildman–Crippen LogP) is 4.27. The molecule has 94 valence electrons. The summed E-state index contributed by atoms with van der Waals surface area (Å²) in [5.74, 6) is -0.473. The van der Waals surface area contributed by atoms with Crippen molar-refractivity contribution in [1.29, 1.82) is 0 Å². The first-order valence-electron chi connectivity index (χ1n) is 5.04. The van der Waals surface area contributed by atoms with Crippen LogP contribution in [-0.2, 0) is 0 Å². The van der Waals surface area contributed by atoms with Crippen molar-refractivity contribution in [2.75, 3.05) is 0 Å². The summed E-state index contributed by atoms with van der Waals surface area (Å²) in [7, 11) is 0. The molecule has 2 rings (SSSR count). The second-order valence-corrected chi connectivity index (χ2v) is 6.10. The van der Waals surface area contributed by atoms with Gasteiger partial charge in [0, 0.05) is 6.20 Å². The molecule has 0 N–H and O–H groups in total. The molecule has 0 bridgehead atoms. The van der Waals surface area contributed by atoms with Gasteiger partial charge in [-0.1, -0.05) is 22.0 Å². The molecule has 0 fully saturated rings. The van der Waals surface area contributed by atoms with Gasteiger partial charge in [-0.15, -0.1) is 0 Å². The molecule has 7 heteroatoms. The Hall–Kier alpha value is -0.720. The molecule has 0 aliphatic heterocycles. The van der Waals surface area contributed by atoms with Crippen LogP contribution in [0.2, 0.25) is 5.28 Å². The fourth-order valence-corrected chi connectivity index (χ4v) is 2.57. The minimum absolute atomic E-state index is 0.0242. The van der Waals surface area contributed by atoms with Gasteiger partial charge in [-0.25, -0.2) is 19.3 Å². The Balaban J connectivity index is 2.39. The molecule has 18 heavy (non-hydrogen) atoms. The van der Waals surface area contributed by atoms with Gasteiger partial charge in [0.1, 0.15) is 10.1 Å². The number of hydrogen-bond donors (Lipinski definition) is 0. The molecule has 1 atom stereocenters. The SMILES string of the molecule is CC(Br)c1nc(Cl)nc(Sc2ccccn2)c1F. The van der Waals surface area contributed by atoms with E-state index in [0.717, 1.165) is 11.8 Å². The van der Waals surface area contributed by atoms with Gasteiger partial charge in [-0.2, -0.15) is 0 Å². The lowest BCUT2D eigenvalue weighted by Gasteiger charge is -2.08. The summed E-state index contributed by atoms with van der Waals surface area (Å²) in [5.41, 5.74) is 0.244. The van der Waals surface area contributed by atoms with Crippen molar-refractivity contribution in [3.05, 3.63) is 41.2 Å². The zero-order valence-corrected chi connectivity index (χ0v) is 12.4. The number of alkyl halides is 1. The smallest absolute Gasteiger partial charge is 0.223 e. The monoisotopic (exact) mass is 347 g/mol. The van der Waals surface area contributed by atoms with E-state index in [4.69, 9.17) is 11.6 Å². The largest absolute Gasteiger partial charge is 0.250 e. The van der Waals surface area contributed by atoms with Crippen LogP contribution in [-0.4, -0.2) is 15.0 Å². The molecule has 0 aliphatic carbocycles. The number of pyridine rings is 1. The molecule has 2 heterocycles. The number of halogens is 3. The van der Waals surface area contributed by atoms with Crippen molar-refractivity contribution in [3.8, 4) is 0 Å². The van der Waals surface area contributed by atoms with Crippen LogP contribution >= 0.6 is 39.3 Å². The lowest BCUT2D eigenvalue weighted by molar-refractivity contribution is 0.559. The normalized spacial score (nSPS) is 12.4. The Bertz CT molecular complexity index is 553. The van der Waals surface area contributed by atoms with Crippen molar-refractivity contribution in [3.63, 3.8) is 0 Å². The summed E-state index contributed by atoms with van der Waals surface area (Å²) < 4.78 is 14.1. The molecule has 0 spiro atoms. The number of nitrogens with zero attached hydrogens (tertiary/aromatic N) is 3. The molecular formula is C11H8BrClFN3S. The summed E-state index contributed by atoms with van der Waals surface area (Å²) in [6, 6.07) is 5.39. The zero-order chi connectivity index (χ0) is 13.1. The maximum Gasteiger partial charge on any atom is 0.223 e.